The number of aromatic nitrogens is 1. The van der Waals surface area contributed by atoms with E-state index in [2.05, 4.69) is 4.98 Å². The van der Waals surface area contributed by atoms with E-state index in [0.29, 0.717) is 0 Å². The zero-order valence-electron chi connectivity index (χ0n) is 13.5. The van der Waals surface area contributed by atoms with Gasteiger partial charge in [0.2, 0.25) is 9.84 Å². The Morgan fingerprint density at radius 2 is 1.88 bits per heavy atom. The van der Waals surface area contributed by atoms with E-state index in [-0.39, 0.29) is 11.4 Å². The minimum absolute atomic E-state index is 0.130. The summed E-state index contributed by atoms with van der Waals surface area (Å²) in [6.45, 7) is 3.98. The van der Waals surface area contributed by atoms with Gasteiger partial charge < -0.3 is 14.2 Å². The maximum absolute atomic E-state index is 12.7. The molecule has 0 aromatic carbocycles. The number of ether oxygens (including phenoxy) is 3. The van der Waals surface area contributed by atoms with Gasteiger partial charge in [-0.15, -0.1) is 0 Å². The standard InChI is InChI=1S/C15H19NO7S/c1-9-15(23-11(3)18)12(22-10(2)17)8-14(21-9)24(19,20)13-6-4-5-7-16-13/h4-7,9,12,14-15H,8H2,1-3H3/t9-,12-,14?,15-/m0/s1. The molecular formula is C15H19NO7S. The van der Waals surface area contributed by atoms with Crippen LogP contribution >= 0.6 is 0 Å². The molecule has 0 spiro atoms. The molecule has 1 aromatic rings. The summed E-state index contributed by atoms with van der Waals surface area (Å²) in [4.78, 5) is 26.4. The average molecular weight is 357 g/mol. The minimum atomic E-state index is -3.88. The predicted molar refractivity (Wildman–Crippen MR) is 81.5 cm³/mol. The van der Waals surface area contributed by atoms with Gasteiger partial charge in [-0.2, -0.15) is 0 Å². The first kappa shape index (κ1) is 18.3. The van der Waals surface area contributed by atoms with Crippen molar-refractivity contribution in [3.63, 3.8) is 0 Å². The van der Waals surface area contributed by atoms with Crippen LogP contribution in [0.3, 0.4) is 0 Å². The molecule has 1 aromatic heterocycles. The first-order valence-electron chi connectivity index (χ1n) is 7.36. The van der Waals surface area contributed by atoms with E-state index < -0.39 is 45.5 Å². The molecule has 1 aliphatic heterocycles. The monoisotopic (exact) mass is 357 g/mol. The molecule has 0 N–H and O–H groups in total. The molecule has 0 saturated carbocycles. The van der Waals surface area contributed by atoms with E-state index >= 15 is 0 Å². The fraction of sp³-hybridized carbons (Fsp3) is 0.533. The molecule has 8 nitrogen and oxygen atoms in total. The van der Waals surface area contributed by atoms with Gasteiger partial charge in [0.15, 0.2) is 16.6 Å². The number of esters is 2. The van der Waals surface area contributed by atoms with Crippen LogP contribution in [0.15, 0.2) is 29.4 Å². The van der Waals surface area contributed by atoms with Crippen LogP contribution in [0.4, 0.5) is 0 Å². The van der Waals surface area contributed by atoms with Crippen LogP contribution < -0.4 is 0 Å². The van der Waals surface area contributed by atoms with Crippen molar-refractivity contribution in [2.45, 2.75) is 56.0 Å². The molecule has 0 aliphatic carbocycles. The number of rotatable bonds is 4. The van der Waals surface area contributed by atoms with Crippen molar-refractivity contribution < 1.29 is 32.2 Å². The van der Waals surface area contributed by atoms with Gasteiger partial charge in [-0.3, -0.25) is 9.59 Å². The summed E-state index contributed by atoms with van der Waals surface area (Å²) in [5.74, 6) is -1.17. The molecule has 0 radical (unpaired) electrons. The van der Waals surface area contributed by atoms with Gasteiger partial charge in [-0.1, -0.05) is 6.07 Å². The van der Waals surface area contributed by atoms with Crippen LogP contribution in [0.1, 0.15) is 27.2 Å². The predicted octanol–water partition coefficient (Wildman–Crippen LogP) is 0.854. The fourth-order valence-electron chi connectivity index (χ4n) is 2.54. The molecule has 1 saturated heterocycles. The molecule has 2 heterocycles. The van der Waals surface area contributed by atoms with E-state index in [1.807, 2.05) is 0 Å². The van der Waals surface area contributed by atoms with Crippen molar-refractivity contribution >= 4 is 21.8 Å². The Bertz CT molecular complexity index is 704. The molecule has 1 fully saturated rings. The third-order valence-corrected chi connectivity index (χ3v) is 5.34. The second-order valence-electron chi connectivity index (χ2n) is 5.44. The number of pyridine rings is 1. The van der Waals surface area contributed by atoms with Gasteiger partial charge in [0, 0.05) is 26.5 Å². The number of sulfone groups is 1. The van der Waals surface area contributed by atoms with Gasteiger partial charge in [0.25, 0.3) is 0 Å². The average Bonchev–Trinajstić information content (AvgIpc) is 2.50. The van der Waals surface area contributed by atoms with Crippen molar-refractivity contribution in [1.29, 1.82) is 0 Å². The Labute approximate surface area is 140 Å². The fourth-order valence-corrected chi connectivity index (χ4v) is 4.05. The van der Waals surface area contributed by atoms with E-state index in [9.17, 15) is 18.0 Å². The number of nitrogens with zero attached hydrogens (tertiary/aromatic N) is 1. The van der Waals surface area contributed by atoms with Crippen LogP contribution in [-0.4, -0.2) is 49.1 Å². The summed E-state index contributed by atoms with van der Waals surface area (Å²) in [6, 6.07) is 4.52. The van der Waals surface area contributed by atoms with Gasteiger partial charge in [-0.05, 0) is 19.1 Å². The number of hydrogen-bond acceptors (Lipinski definition) is 8. The Hall–Kier alpha value is -2.00. The van der Waals surface area contributed by atoms with Crippen molar-refractivity contribution in [3.05, 3.63) is 24.4 Å². The highest BCUT2D eigenvalue weighted by atomic mass is 32.2. The zero-order chi connectivity index (χ0) is 17.9. The minimum Gasteiger partial charge on any atom is -0.458 e. The molecule has 1 unspecified atom stereocenters. The van der Waals surface area contributed by atoms with Crippen LogP contribution in [0.2, 0.25) is 0 Å². The Morgan fingerprint density at radius 3 is 2.42 bits per heavy atom. The third kappa shape index (κ3) is 4.09. The van der Waals surface area contributed by atoms with Crippen molar-refractivity contribution in [3.8, 4) is 0 Å². The second-order valence-corrected chi connectivity index (χ2v) is 7.48. The summed E-state index contributed by atoms with van der Waals surface area (Å²) in [5.41, 5.74) is -1.25. The Kier molecular flexibility index (Phi) is 5.55. The van der Waals surface area contributed by atoms with E-state index in [1.54, 1.807) is 19.1 Å². The quantitative estimate of drug-likeness (QED) is 0.730. The summed E-state index contributed by atoms with van der Waals surface area (Å²) in [5, 5.41) is -0.130. The van der Waals surface area contributed by atoms with E-state index in [4.69, 9.17) is 14.2 Å². The lowest BCUT2D eigenvalue weighted by Gasteiger charge is -2.38. The van der Waals surface area contributed by atoms with Gasteiger partial charge in [0.1, 0.15) is 6.10 Å². The highest BCUT2D eigenvalue weighted by Crippen LogP contribution is 2.30. The van der Waals surface area contributed by atoms with Crippen molar-refractivity contribution in [2.75, 3.05) is 0 Å². The third-order valence-electron chi connectivity index (χ3n) is 3.52. The molecule has 24 heavy (non-hydrogen) atoms. The molecule has 1 aliphatic rings. The zero-order valence-corrected chi connectivity index (χ0v) is 14.4. The van der Waals surface area contributed by atoms with E-state index in [1.165, 1.54) is 26.1 Å². The lowest BCUT2D eigenvalue weighted by atomic mass is 10.0. The summed E-state index contributed by atoms with van der Waals surface area (Å²) in [6.07, 6.45) is -1.35. The normalized spacial score (nSPS) is 27.3. The number of carbonyl (C=O) groups is 2. The maximum atomic E-state index is 12.7. The molecule has 132 valence electrons. The number of hydrogen-bond donors (Lipinski definition) is 0. The van der Waals surface area contributed by atoms with Crippen LogP contribution in [0.25, 0.3) is 0 Å². The van der Waals surface area contributed by atoms with Crippen molar-refractivity contribution in [2.24, 2.45) is 0 Å². The highest BCUT2D eigenvalue weighted by molar-refractivity contribution is 7.91. The Morgan fingerprint density at radius 1 is 1.21 bits per heavy atom. The molecule has 9 heteroatoms. The van der Waals surface area contributed by atoms with Crippen LogP contribution in [0, 0.1) is 0 Å². The summed E-state index contributed by atoms with van der Waals surface area (Å²) >= 11 is 0. The molecule has 0 amide bonds. The molecule has 4 atom stereocenters. The highest BCUT2D eigenvalue weighted by Gasteiger charge is 2.46. The van der Waals surface area contributed by atoms with Crippen LogP contribution in [-0.2, 0) is 33.6 Å². The maximum Gasteiger partial charge on any atom is 0.303 e. The Balaban J connectivity index is 2.28. The summed E-state index contributed by atoms with van der Waals surface area (Å²) < 4.78 is 41.1. The largest absolute Gasteiger partial charge is 0.458 e. The van der Waals surface area contributed by atoms with Gasteiger partial charge >= 0.3 is 11.9 Å². The number of carbonyl (C=O) groups excluding carboxylic acids is 2. The van der Waals surface area contributed by atoms with Gasteiger partial charge in [-0.25, -0.2) is 13.4 Å². The molecule has 2 rings (SSSR count). The van der Waals surface area contributed by atoms with Crippen molar-refractivity contribution in [1.82, 2.24) is 4.98 Å². The molecular weight excluding hydrogens is 338 g/mol. The van der Waals surface area contributed by atoms with Crippen LogP contribution in [0.5, 0.6) is 0 Å². The SMILES string of the molecule is CC(=O)O[C@H]1[C@H](C)OC(S(=O)(=O)c2ccccn2)C[C@@H]1OC(C)=O. The lowest BCUT2D eigenvalue weighted by molar-refractivity contribution is -0.195. The van der Waals surface area contributed by atoms with Gasteiger partial charge in [0.05, 0.1) is 6.10 Å². The lowest BCUT2D eigenvalue weighted by Crippen LogP contribution is -2.52. The van der Waals surface area contributed by atoms with E-state index in [0.717, 1.165) is 0 Å². The summed E-state index contributed by atoms with van der Waals surface area (Å²) in [7, 11) is -3.88. The first-order valence-corrected chi connectivity index (χ1v) is 8.91. The first-order chi connectivity index (χ1) is 11.2. The second kappa shape index (κ2) is 7.27. The smallest absolute Gasteiger partial charge is 0.303 e. The topological polar surface area (TPSA) is 109 Å². The molecule has 0 bridgehead atoms.